The second-order valence-corrected chi connectivity index (χ2v) is 7.47. The quantitative estimate of drug-likeness (QED) is 0.617. The summed E-state index contributed by atoms with van der Waals surface area (Å²) in [7, 11) is 0. The Labute approximate surface area is 169 Å². The lowest BCUT2D eigenvalue weighted by Gasteiger charge is -2.39. The van der Waals surface area contributed by atoms with Gasteiger partial charge in [-0.2, -0.15) is 5.10 Å². The number of amides is 4. The largest absolute Gasteiger partial charge is 0.381 e. The first-order valence-electron chi connectivity index (χ1n) is 9.87. The molecule has 29 heavy (non-hydrogen) atoms. The molecule has 1 atom stereocenters. The molecule has 4 N–H and O–H groups in total. The number of urea groups is 2. The fourth-order valence-electron chi connectivity index (χ4n) is 3.84. The molecule has 1 aromatic heterocycles. The number of hydrogen-bond donors (Lipinski definition) is 4. The van der Waals surface area contributed by atoms with E-state index in [0.29, 0.717) is 26.1 Å². The molecule has 0 bridgehead atoms. The van der Waals surface area contributed by atoms with E-state index in [9.17, 15) is 9.59 Å². The Morgan fingerprint density at radius 2 is 1.93 bits per heavy atom. The minimum Gasteiger partial charge on any atom is -0.381 e. The van der Waals surface area contributed by atoms with Crippen LogP contribution in [0.3, 0.4) is 0 Å². The highest BCUT2D eigenvalue weighted by Crippen LogP contribution is 2.25. The number of ether oxygens (including phenoxy) is 1. The molecule has 9 heteroatoms. The number of hydrogen-bond acceptors (Lipinski definition) is 5. The van der Waals surface area contributed by atoms with Gasteiger partial charge in [-0.15, -0.1) is 0 Å². The van der Waals surface area contributed by atoms with Crippen LogP contribution in [0.5, 0.6) is 0 Å². The smallest absolute Gasteiger partial charge is 0.328 e. The van der Waals surface area contributed by atoms with E-state index in [1.54, 1.807) is 6.20 Å². The van der Waals surface area contributed by atoms with Crippen molar-refractivity contribution in [2.75, 3.05) is 13.2 Å². The second kappa shape index (κ2) is 8.22. The molecule has 0 radical (unpaired) electrons. The third-order valence-electron chi connectivity index (χ3n) is 5.47. The molecule has 2 saturated heterocycles. The number of H-pyrrole nitrogens is 1. The van der Waals surface area contributed by atoms with Crippen LogP contribution in [0, 0.1) is 6.92 Å². The van der Waals surface area contributed by atoms with Gasteiger partial charge in [0.25, 0.3) is 0 Å². The molecular weight excluding hydrogens is 372 g/mol. The molecule has 2 aliphatic heterocycles. The fourth-order valence-corrected chi connectivity index (χ4v) is 3.84. The number of aromatic amines is 1. The maximum Gasteiger partial charge on any atom is 0.328 e. The lowest BCUT2D eigenvalue weighted by atomic mass is 10.0. The summed E-state index contributed by atoms with van der Waals surface area (Å²) in [5.41, 5.74) is 4.15. The van der Waals surface area contributed by atoms with Crippen LogP contribution in [-0.4, -0.2) is 52.7 Å². The third-order valence-corrected chi connectivity index (χ3v) is 5.47. The number of aryl methyl sites for hydroxylation is 1. The number of nitrogens with one attached hydrogen (secondary N) is 4. The molecular formula is C20H26N6O3. The minimum atomic E-state index is -0.639. The van der Waals surface area contributed by atoms with Gasteiger partial charge in [0.1, 0.15) is 0 Å². The maximum absolute atomic E-state index is 12.5. The van der Waals surface area contributed by atoms with Crippen molar-refractivity contribution >= 4 is 12.1 Å². The lowest BCUT2D eigenvalue weighted by molar-refractivity contribution is 0.0492. The van der Waals surface area contributed by atoms with Gasteiger partial charge in [0, 0.05) is 36.6 Å². The molecule has 4 amide bonds. The van der Waals surface area contributed by atoms with E-state index < -0.39 is 6.29 Å². The Balaban J connectivity index is 1.42. The van der Waals surface area contributed by atoms with Crippen molar-refractivity contribution in [3.63, 3.8) is 0 Å². The van der Waals surface area contributed by atoms with Crippen molar-refractivity contribution in [3.8, 4) is 11.1 Å². The molecule has 0 spiro atoms. The van der Waals surface area contributed by atoms with Crippen molar-refractivity contribution in [2.45, 2.75) is 45.1 Å². The summed E-state index contributed by atoms with van der Waals surface area (Å²) in [6, 6.07) is 7.12. The Hall–Kier alpha value is -2.91. The summed E-state index contributed by atoms with van der Waals surface area (Å²) in [5.74, 6) is 0. The van der Waals surface area contributed by atoms with Crippen LogP contribution in [0.25, 0.3) is 11.1 Å². The van der Waals surface area contributed by atoms with Gasteiger partial charge in [-0.1, -0.05) is 18.2 Å². The van der Waals surface area contributed by atoms with Crippen LogP contribution in [-0.2, 0) is 4.74 Å². The van der Waals surface area contributed by atoms with Crippen LogP contribution in [0.4, 0.5) is 9.59 Å². The second-order valence-electron chi connectivity index (χ2n) is 7.47. The molecule has 0 aliphatic carbocycles. The molecule has 154 valence electrons. The van der Waals surface area contributed by atoms with Gasteiger partial charge >= 0.3 is 12.1 Å². The van der Waals surface area contributed by atoms with E-state index in [0.717, 1.165) is 22.4 Å². The average molecular weight is 398 g/mol. The highest BCUT2D eigenvalue weighted by Gasteiger charge is 2.37. The van der Waals surface area contributed by atoms with Crippen molar-refractivity contribution in [3.05, 3.63) is 41.7 Å². The molecule has 2 aromatic rings. The number of carbonyl (C=O) groups excluding carboxylic acids is 2. The molecule has 2 aliphatic rings. The van der Waals surface area contributed by atoms with E-state index in [1.165, 1.54) is 4.90 Å². The average Bonchev–Trinajstić information content (AvgIpc) is 3.14. The van der Waals surface area contributed by atoms with Gasteiger partial charge in [-0.3, -0.25) is 10.4 Å². The van der Waals surface area contributed by atoms with E-state index in [1.807, 2.05) is 32.0 Å². The van der Waals surface area contributed by atoms with Gasteiger partial charge in [-0.05, 0) is 43.9 Å². The van der Waals surface area contributed by atoms with Gasteiger partial charge in [0.15, 0.2) is 6.29 Å². The van der Waals surface area contributed by atoms with Crippen molar-refractivity contribution in [2.24, 2.45) is 0 Å². The van der Waals surface area contributed by atoms with Gasteiger partial charge in [0.2, 0.25) is 0 Å². The zero-order valence-corrected chi connectivity index (χ0v) is 16.6. The monoisotopic (exact) mass is 398 g/mol. The molecule has 9 nitrogen and oxygen atoms in total. The first kappa shape index (κ1) is 19.4. The molecule has 4 rings (SSSR count). The lowest BCUT2D eigenvalue weighted by Crippen LogP contribution is -2.70. The van der Waals surface area contributed by atoms with Crippen LogP contribution < -0.4 is 16.0 Å². The predicted octanol–water partition coefficient (Wildman–Crippen LogP) is 2.23. The SMILES string of the molecule is Cc1[nH]ncc1-c1cccc([C@H](C)NC2NC(=O)N(C3CCOCC3)C(=O)N2)c1. The van der Waals surface area contributed by atoms with E-state index >= 15 is 0 Å². The summed E-state index contributed by atoms with van der Waals surface area (Å²) >= 11 is 0. The summed E-state index contributed by atoms with van der Waals surface area (Å²) < 4.78 is 5.32. The van der Waals surface area contributed by atoms with E-state index in [4.69, 9.17) is 4.74 Å². The normalized spacial score (nSPS) is 19.7. The first-order chi connectivity index (χ1) is 14.0. The standard InChI is InChI=1S/C20H26N6O3/c1-12(14-4-3-5-15(10-14)17-11-21-25-13(17)2)22-18-23-19(27)26(20(28)24-18)16-6-8-29-9-7-16/h3-5,10-12,16,18,22H,6-9H2,1-2H3,(H,21,25)(H,23,27)(H,24,28)/t12-/m0/s1. The minimum absolute atomic E-state index is 0.0950. The summed E-state index contributed by atoms with van der Waals surface area (Å²) in [4.78, 5) is 26.4. The fraction of sp³-hybridized carbons (Fsp3) is 0.450. The molecule has 1 aromatic carbocycles. The van der Waals surface area contributed by atoms with E-state index in [2.05, 4.69) is 32.2 Å². The number of carbonyl (C=O) groups is 2. The Morgan fingerprint density at radius 1 is 1.21 bits per heavy atom. The molecule has 0 saturated carbocycles. The van der Waals surface area contributed by atoms with Crippen LogP contribution in [0.1, 0.15) is 37.1 Å². The van der Waals surface area contributed by atoms with E-state index in [-0.39, 0.29) is 24.1 Å². The number of nitrogens with zero attached hydrogens (tertiary/aromatic N) is 2. The summed E-state index contributed by atoms with van der Waals surface area (Å²) in [6.45, 7) is 5.10. The molecule has 2 fully saturated rings. The zero-order valence-electron chi connectivity index (χ0n) is 16.6. The van der Waals surface area contributed by atoms with Gasteiger partial charge < -0.3 is 15.4 Å². The van der Waals surface area contributed by atoms with Crippen molar-refractivity contribution < 1.29 is 14.3 Å². The summed E-state index contributed by atoms with van der Waals surface area (Å²) in [5, 5.41) is 16.0. The van der Waals surface area contributed by atoms with Crippen LogP contribution >= 0.6 is 0 Å². The summed E-state index contributed by atoms with van der Waals surface area (Å²) in [6.07, 6.45) is 2.49. The number of rotatable bonds is 5. The maximum atomic E-state index is 12.5. The zero-order chi connectivity index (χ0) is 20.4. The Kier molecular flexibility index (Phi) is 5.50. The van der Waals surface area contributed by atoms with Crippen molar-refractivity contribution in [1.29, 1.82) is 0 Å². The van der Waals surface area contributed by atoms with Gasteiger partial charge in [-0.25, -0.2) is 14.5 Å². The van der Waals surface area contributed by atoms with Crippen LogP contribution in [0.2, 0.25) is 0 Å². The van der Waals surface area contributed by atoms with Gasteiger partial charge in [0.05, 0.1) is 6.20 Å². The van der Waals surface area contributed by atoms with Crippen LogP contribution in [0.15, 0.2) is 30.5 Å². The third kappa shape index (κ3) is 4.10. The van der Waals surface area contributed by atoms with Crippen molar-refractivity contribution in [1.82, 2.24) is 31.0 Å². The first-order valence-corrected chi connectivity index (χ1v) is 9.87. The highest BCUT2D eigenvalue weighted by molar-refractivity contribution is 5.96. The topological polar surface area (TPSA) is 111 Å². The molecule has 0 unspecified atom stereocenters. The predicted molar refractivity (Wildman–Crippen MR) is 107 cm³/mol. The number of imide groups is 1. The number of benzene rings is 1. The number of aromatic nitrogens is 2. The molecule has 3 heterocycles. The highest BCUT2D eigenvalue weighted by atomic mass is 16.5. The Morgan fingerprint density at radius 3 is 2.59 bits per heavy atom. The Bertz CT molecular complexity index is 874.